The van der Waals surface area contributed by atoms with Crippen LogP contribution in [0.25, 0.3) is 0 Å². The number of hydrogen-bond donors (Lipinski definition) is 1. The van der Waals surface area contributed by atoms with Crippen LogP contribution >= 0.6 is 12.2 Å². The molecule has 1 N–H and O–H groups in total. The molecule has 2 aromatic heterocycles. The normalized spacial score (nSPS) is 22.3. The van der Waals surface area contributed by atoms with Gasteiger partial charge in [0.2, 0.25) is 0 Å². The first kappa shape index (κ1) is 21.3. The Bertz CT molecular complexity index is 869. The van der Waals surface area contributed by atoms with Crippen LogP contribution in [0.1, 0.15) is 72.9 Å². The van der Waals surface area contributed by atoms with E-state index in [-0.39, 0.29) is 12.1 Å². The standard InChI is InChI=1S/C24H35N5S/c1-17-16-20(18(2)29(17)19-10-5-6-11-19)23-22(21-12-7-8-13-25-21)26-24(30)28(23)15-9-14-27(3)4/h7-8,12-13,16,19,22-23H,5-6,9-11,14-15H2,1-4H3,(H,26,30)/t22-,23+/m0/s1. The predicted octanol–water partition coefficient (Wildman–Crippen LogP) is 4.54. The Morgan fingerprint density at radius 3 is 2.63 bits per heavy atom. The van der Waals surface area contributed by atoms with Crippen LogP contribution in [0.2, 0.25) is 0 Å². The molecule has 0 amide bonds. The molecule has 6 heteroatoms. The molecule has 3 heterocycles. The molecule has 1 aliphatic carbocycles. The molecule has 2 atom stereocenters. The van der Waals surface area contributed by atoms with E-state index in [4.69, 9.17) is 12.2 Å². The van der Waals surface area contributed by atoms with Crippen molar-refractivity contribution in [2.75, 3.05) is 27.2 Å². The minimum absolute atomic E-state index is 0.0792. The summed E-state index contributed by atoms with van der Waals surface area (Å²) in [6.07, 6.45) is 8.26. The molecule has 162 valence electrons. The smallest absolute Gasteiger partial charge is 0.170 e. The van der Waals surface area contributed by atoms with Crippen molar-refractivity contribution < 1.29 is 0 Å². The number of aryl methyl sites for hydroxylation is 1. The molecule has 0 radical (unpaired) electrons. The second-order valence-electron chi connectivity index (χ2n) is 9.11. The number of nitrogens with one attached hydrogen (secondary N) is 1. The summed E-state index contributed by atoms with van der Waals surface area (Å²) in [7, 11) is 4.26. The molecule has 4 rings (SSSR count). The van der Waals surface area contributed by atoms with E-state index in [2.05, 4.69) is 70.8 Å². The lowest BCUT2D eigenvalue weighted by molar-refractivity contribution is 0.291. The van der Waals surface area contributed by atoms with Crippen LogP contribution < -0.4 is 5.32 Å². The van der Waals surface area contributed by atoms with Gasteiger partial charge in [0.15, 0.2) is 5.11 Å². The highest BCUT2D eigenvalue weighted by molar-refractivity contribution is 7.80. The SMILES string of the molecule is Cc1cc([C@@H]2[C@H](c3ccccn3)NC(=S)N2CCCN(C)C)c(C)n1C1CCCC1. The van der Waals surface area contributed by atoms with Gasteiger partial charge in [0.25, 0.3) is 0 Å². The molecule has 2 aromatic rings. The highest BCUT2D eigenvalue weighted by atomic mass is 32.1. The maximum absolute atomic E-state index is 5.83. The highest BCUT2D eigenvalue weighted by Gasteiger charge is 2.41. The summed E-state index contributed by atoms with van der Waals surface area (Å²) in [4.78, 5) is 9.33. The van der Waals surface area contributed by atoms with Gasteiger partial charge in [-0.3, -0.25) is 4.98 Å². The maximum atomic E-state index is 5.83. The topological polar surface area (TPSA) is 36.3 Å². The molecule has 2 fully saturated rings. The van der Waals surface area contributed by atoms with Crippen molar-refractivity contribution in [3.63, 3.8) is 0 Å². The molecular formula is C24H35N5S. The third-order valence-corrected chi connectivity index (χ3v) is 7.09. The van der Waals surface area contributed by atoms with Crippen LogP contribution in [-0.4, -0.2) is 51.6 Å². The summed E-state index contributed by atoms with van der Waals surface area (Å²) in [5.74, 6) is 0. The van der Waals surface area contributed by atoms with E-state index in [1.807, 2.05) is 12.3 Å². The molecule has 0 unspecified atom stereocenters. The summed E-state index contributed by atoms with van der Waals surface area (Å²) >= 11 is 5.83. The van der Waals surface area contributed by atoms with Crippen molar-refractivity contribution in [1.82, 2.24) is 24.7 Å². The largest absolute Gasteiger partial charge is 0.352 e. The molecule has 2 aliphatic rings. The van der Waals surface area contributed by atoms with Gasteiger partial charge < -0.3 is 19.7 Å². The van der Waals surface area contributed by atoms with Gasteiger partial charge in [0.1, 0.15) is 0 Å². The number of nitrogens with zero attached hydrogens (tertiary/aromatic N) is 4. The Morgan fingerprint density at radius 2 is 1.97 bits per heavy atom. The molecule has 0 bridgehead atoms. The van der Waals surface area contributed by atoms with Crippen molar-refractivity contribution in [2.24, 2.45) is 0 Å². The summed E-state index contributed by atoms with van der Waals surface area (Å²) in [5.41, 5.74) is 5.23. The first-order valence-electron chi connectivity index (χ1n) is 11.3. The van der Waals surface area contributed by atoms with Gasteiger partial charge in [-0.25, -0.2) is 0 Å². The van der Waals surface area contributed by atoms with Gasteiger partial charge in [0.05, 0.1) is 17.8 Å². The van der Waals surface area contributed by atoms with Crippen LogP contribution in [0.5, 0.6) is 0 Å². The second-order valence-corrected chi connectivity index (χ2v) is 9.50. The molecular weight excluding hydrogens is 390 g/mol. The van der Waals surface area contributed by atoms with E-state index in [1.54, 1.807) is 0 Å². The minimum atomic E-state index is 0.0792. The lowest BCUT2D eigenvalue weighted by Gasteiger charge is -2.29. The zero-order valence-corrected chi connectivity index (χ0v) is 19.6. The number of hydrogen-bond acceptors (Lipinski definition) is 3. The van der Waals surface area contributed by atoms with Gasteiger partial charge in [-0.1, -0.05) is 18.9 Å². The summed E-state index contributed by atoms with van der Waals surface area (Å²) in [6.45, 7) is 6.57. The van der Waals surface area contributed by atoms with E-state index in [0.717, 1.165) is 30.3 Å². The van der Waals surface area contributed by atoms with Crippen molar-refractivity contribution in [2.45, 2.75) is 64.1 Å². The zero-order chi connectivity index (χ0) is 21.3. The number of thiocarbonyl (C=S) groups is 1. The summed E-state index contributed by atoms with van der Waals surface area (Å²) in [5, 5.41) is 4.45. The van der Waals surface area contributed by atoms with E-state index in [9.17, 15) is 0 Å². The van der Waals surface area contributed by atoms with Crippen molar-refractivity contribution in [1.29, 1.82) is 0 Å². The summed E-state index contributed by atoms with van der Waals surface area (Å²) in [6, 6.07) is 9.48. The van der Waals surface area contributed by atoms with Crippen LogP contribution in [0.15, 0.2) is 30.5 Å². The third-order valence-electron chi connectivity index (χ3n) is 6.73. The Balaban J connectivity index is 1.71. The fraction of sp³-hybridized carbons (Fsp3) is 0.583. The summed E-state index contributed by atoms with van der Waals surface area (Å²) < 4.78 is 2.59. The van der Waals surface area contributed by atoms with Crippen molar-refractivity contribution >= 4 is 17.3 Å². The van der Waals surface area contributed by atoms with Gasteiger partial charge in [0, 0.05) is 30.2 Å². The highest BCUT2D eigenvalue weighted by Crippen LogP contribution is 2.42. The first-order chi connectivity index (χ1) is 14.5. The van der Waals surface area contributed by atoms with E-state index in [0.29, 0.717) is 6.04 Å². The third kappa shape index (κ3) is 4.12. The Labute approximate surface area is 186 Å². The quantitative estimate of drug-likeness (QED) is 0.659. The number of aromatic nitrogens is 2. The molecule has 1 saturated heterocycles. The van der Waals surface area contributed by atoms with E-state index >= 15 is 0 Å². The minimum Gasteiger partial charge on any atom is -0.352 e. The van der Waals surface area contributed by atoms with Crippen LogP contribution in [0.4, 0.5) is 0 Å². The van der Waals surface area contributed by atoms with Gasteiger partial charge in [-0.2, -0.15) is 0 Å². The van der Waals surface area contributed by atoms with E-state index < -0.39 is 0 Å². The van der Waals surface area contributed by atoms with Crippen LogP contribution in [-0.2, 0) is 0 Å². The average molecular weight is 426 g/mol. The Hall–Kier alpha value is -1.92. The molecule has 0 aromatic carbocycles. The number of rotatable bonds is 7. The van der Waals surface area contributed by atoms with Crippen molar-refractivity contribution in [3.05, 3.63) is 53.1 Å². The average Bonchev–Trinajstić information content (AvgIpc) is 3.41. The van der Waals surface area contributed by atoms with Gasteiger partial charge >= 0.3 is 0 Å². The lowest BCUT2D eigenvalue weighted by atomic mass is 9.96. The van der Waals surface area contributed by atoms with E-state index in [1.165, 1.54) is 42.6 Å². The number of pyridine rings is 1. The van der Waals surface area contributed by atoms with Gasteiger partial charge in [-0.05, 0) is 89.7 Å². The Kier molecular flexibility index (Phi) is 6.44. The predicted molar refractivity (Wildman–Crippen MR) is 127 cm³/mol. The van der Waals surface area contributed by atoms with Crippen molar-refractivity contribution in [3.8, 4) is 0 Å². The zero-order valence-electron chi connectivity index (χ0n) is 18.8. The second kappa shape index (κ2) is 9.06. The first-order valence-corrected chi connectivity index (χ1v) is 11.7. The monoisotopic (exact) mass is 425 g/mol. The fourth-order valence-electron chi connectivity index (χ4n) is 5.37. The molecule has 30 heavy (non-hydrogen) atoms. The molecule has 5 nitrogen and oxygen atoms in total. The van der Waals surface area contributed by atoms with Gasteiger partial charge in [-0.15, -0.1) is 0 Å². The molecule has 1 aliphatic heterocycles. The molecule has 1 saturated carbocycles. The van der Waals surface area contributed by atoms with Crippen LogP contribution in [0.3, 0.4) is 0 Å². The maximum Gasteiger partial charge on any atom is 0.170 e. The van der Waals surface area contributed by atoms with Crippen LogP contribution in [0, 0.1) is 13.8 Å². The molecule has 0 spiro atoms. The lowest BCUT2D eigenvalue weighted by Crippen LogP contribution is -2.32. The fourth-order valence-corrected chi connectivity index (χ4v) is 5.70. The Morgan fingerprint density at radius 1 is 1.20 bits per heavy atom.